The molecule has 1 saturated heterocycles. The molecule has 0 aliphatic carbocycles. The topological polar surface area (TPSA) is 18.5 Å². The van der Waals surface area contributed by atoms with Crippen LogP contribution in [0.4, 0.5) is 0 Å². The summed E-state index contributed by atoms with van der Waals surface area (Å²) < 4.78 is 13.4. The zero-order valence-corrected chi connectivity index (χ0v) is 13.6. The first-order valence-corrected chi connectivity index (χ1v) is 8.66. The van der Waals surface area contributed by atoms with Crippen molar-refractivity contribution in [2.75, 3.05) is 13.2 Å². The summed E-state index contributed by atoms with van der Waals surface area (Å²) in [7, 11) is 0. The fourth-order valence-corrected chi connectivity index (χ4v) is 2.55. The molecule has 1 rings (SSSR count). The summed E-state index contributed by atoms with van der Waals surface area (Å²) in [5.74, 6) is 0. The van der Waals surface area contributed by atoms with E-state index in [1.807, 2.05) is 0 Å². The summed E-state index contributed by atoms with van der Waals surface area (Å²) in [4.78, 5) is 0. The molecule has 0 saturated carbocycles. The van der Waals surface area contributed by atoms with Gasteiger partial charge in [-0.2, -0.15) is 0 Å². The van der Waals surface area contributed by atoms with Crippen molar-refractivity contribution in [1.29, 1.82) is 0 Å². The lowest BCUT2D eigenvalue weighted by atomic mass is 10.1. The van der Waals surface area contributed by atoms with Crippen molar-refractivity contribution in [2.24, 2.45) is 0 Å². The van der Waals surface area contributed by atoms with Gasteiger partial charge in [-0.3, -0.25) is 0 Å². The largest absolute Gasteiger partial charge is 0.353 e. The van der Waals surface area contributed by atoms with Crippen molar-refractivity contribution in [3.05, 3.63) is 10.2 Å². The van der Waals surface area contributed by atoms with Gasteiger partial charge >= 0.3 is 0 Å². The van der Waals surface area contributed by atoms with E-state index >= 15 is 0 Å². The Morgan fingerprint density at radius 1 is 1.06 bits per heavy atom. The van der Waals surface area contributed by atoms with E-state index in [4.69, 9.17) is 9.47 Å². The van der Waals surface area contributed by atoms with Gasteiger partial charge in [0.2, 0.25) is 0 Å². The van der Waals surface area contributed by atoms with Gasteiger partial charge in [0.15, 0.2) is 6.29 Å². The van der Waals surface area contributed by atoms with Crippen molar-refractivity contribution in [2.45, 2.75) is 70.5 Å². The molecule has 1 aliphatic heterocycles. The molecule has 0 radical (unpaired) electrons. The van der Waals surface area contributed by atoms with E-state index in [1.54, 1.807) is 0 Å². The molecule has 0 aromatic carbocycles. The summed E-state index contributed by atoms with van der Waals surface area (Å²) in [5, 5.41) is 0. The Morgan fingerprint density at radius 3 is 2.56 bits per heavy atom. The summed E-state index contributed by atoms with van der Waals surface area (Å²) in [5.41, 5.74) is 0. The average Bonchev–Trinajstić information content (AvgIpc) is 2.42. The van der Waals surface area contributed by atoms with Gasteiger partial charge < -0.3 is 9.47 Å². The van der Waals surface area contributed by atoms with Crippen LogP contribution < -0.4 is 0 Å². The summed E-state index contributed by atoms with van der Waals surface area (Å²) in [6.07, 6.45) is 15.1. The van der Waals surface area contributed by atoms with Crippen LogP contribution in [0, 0.1) is 0 Å². The van der Waals surface area contributed by atoms with Crippen LogP contribution in [0.2, 0.25) is 0 Å². The van der Waals surface area contributed by atoms with E-state index in [0.29, 0.717) is 0 Å². The fourth-order valence-electron chi connectivity index (χ4n) is 2.19. The van der Waals surface area contributed by atoms with Crippen molar-refractivity contribution in [3.8, 4) is 0 Å². The minimum absolute atomic E-state index is 0.0961. The SMILES string of the molecule is I/C=C\CCCCCCCCOC1CCCCO1. The van der Waals surface area contributed by atoms with Crippen LogP contribution in [0.5, 0.6) is 0 Å². The molecule has 1 heterocycles. The van der Waals surface area contributed by atoms with E-state index in [9.17, 15) is 0 Å². The fraction of sp³-hybridized carbons (Fsp3) is 0.867. The van der Waals surface area contributed by atoms with Crippen LogP contribution in [-0.2, 0) is 9.47 Å². The molecule has 3 heteroatoms. The molecule has 0 N–H and O–H groups in total. The third-order valence-corrected chi connectivity index (χ3v) is 3.80. The maximum atomic E-state index is 5.71. The third kappa shape index (κ3) is 9.34. The second-order valence-corrected chi connectivity index (χ2v) is 5.66. The molecule has 1 atom stereocenters. The van der Waals surface area contributed by atoms with E-state index in [-0.39, 0.29) is 6.29 Å². The van der Waals surface area contributed by atoms with E-state index in [2.05, 4.69) is 32.7 Å². The first-order valence-electron chi connectivity index (χ1n) is 7.42. The molecule has 0 bridgehead atoms. The number of hydrogen-bond donors (Lipinski definition) is 0. The van der Waals surface area contributed by atoms with Crippen molar-refractivity contribution in [1.82, 2.24) is 0 Å². The highest BCUT2D eigenvalue weighted by Crippen LogP contribution is 2.14. The van der Waals surface area contributed by atoms with E-state index in [0.717, 1.165) is 19.6 Å². The van der Waals surface area contributed by atoms with Gasteiger partial charge in [-0.1, -0.05) is 54.4 Å². The maximum absolute atomic E-state index is 5.71. The Bertz CT molecular complexity index is 201. The minimum atomic E-state index is 0.0961. The second-order valence-electron chi connectivity index (χ2n) is 4.94. The molecular formula is C15H27IO2. The molecule has 0 aromatic heterocycles. The number of ether oxygens (including phenoxy) is 2. The highest BCUT2D eigenvalue weighted by molar-refractivity contribution is 14.1. The van der Waals surface area contributed by atoms with Gasteiger partial charge in [-0.05, 0) is 42.6 Å². The smallest absolute Gasteiger partial charge is 0.157 e. The van der Waals surface area contributed by atoms with Crippen molar-refractivity contribution in [3.63, 3.8) is 0 Å². The van der Waals surface area contributed by atoms with Crippen molar-refractivity contribution >= 4 is 22.6 Å². The van der Waals surface area contributed by atoms with Gasteiger partial charge in [0.05, 0.1) is 0 Å². The first-order chi connectivity index (χ1) is 8.93. The number of hydrogen-bond acceptors (Lipinski definition) is 2. The molecular weight excluding hydrogens is 339 g/mol. The van der Waals surface area contributed by atoms with Gasteiger partial charge in [0.1, 0.15) is 0 Å². The molecule has 0 amide bonds. The van der Waals surface area contributed by atoms with E-state index < -0.39 is 0 Å². The van der Waals surface area contributed by atoms with Gasteiger partial charge in [-0.15, -0.1) is 0 Å². The Labute approximate surface area is 126 Å². The highest BCUT2D eigenvalue weighted by atomic mass is 127. The maximum Gasteiger partial charge on any atom is 0.157 e. The van der Waals surface area contributed by atoms with Crippen LogP contribution in [0.15, 0.2) is 10.2 Å². The first kappa shape index (κ1) is 16.4. The summed E-state index contributed by atoms with van der Waals surface area (Å²) in [6, 6.07) is 0. The molecule has 1 aliphatic rings. The van der Waals surface area contributed by atoms with Gasteiger partial charge in [-0.25, -0.2) is 0 Å². The van der Waals surface area contributed by atoms with Gasteiger partial charge in [0, 0.05) is 13.2 Å². The summed E-state index contributed by atoms with van der Waals surface area (Å²) in [6.45, 7) is 1.76. The van der Waals surface area contributed by atoms with Crippen LogP contribution in [0.25, 0.3) is 0 Å². The lowest BCUT2D eigenvalue weighted by molar-refractivity contribution is -0.162. The lowest BCUT2D eigenvalue weighted by Crippen LogP contribution is -2.22. The van der Waals surface area contributed by atoms with Crippen LogP contribution in [-0.4, -0.2) is 19.5 Å². The Hall–Kier alpha value is 0.390. The second kappa shape index (κ2) is 12.4. The predicted molar refractivity (Wildman–Crippen MR) is 85.0 cm³/mol. The summed E-state index contributed by atoms with van der Waals surface area (Å²) >= 11 is 2.28. The number of halogens is 1. The third-order valence-electron chi connectivity index (χ3n) is 3.30. The zero-order valence-electron chi connectivity index (χ0n) is 11.4. The molecule has 0 spiro atoms. The Morgan fingerprint density at radius 2 is 1.83 bits per heavy atom. The monoisotopic (exact) mass is 366 g/mol. The quantitative estimate of drug-likeness (QED) is 0.390. The standard InChI is InChI=1S/C15H27IO2/c16-12-8-5-3-1-2-4-6-9-13-17-15-11-7-10-14-18-15/h8,12,15H,1-7,9-11,13-14H2/b12-8-. The predicted octanol–water partition coefficient (Wildman–Crippen LogP) is 5.21. The lowest BCUT2D eigenvalue weighted by Gasteiger charge is -2.22. The molecule has 1 unspecified atom stereocenters. The molecule has 18 heavy (non-hydrogen) atoms. The minimum Gasteiger partial charge on any atom is -0.353 e. The highest BCUT2D eigenvalue weighted by Gasteiger charge is 2.13. The normalized spacial score (nSPS) is 20.6. The molecule has 0 aromatic rings. The Balaban J connectivity index is 1.75. The number of unbranched alkanes of at least 4 members (excludes halogenated alkanes) is 6. The van der Waals surface area contributed by atoms with Crippen LogP contribution in [0.1, 0.15) is 64.2 Å². The molecule has 1 fully saturated rings. The van der Waals surface area contributed by atoms with Crippen molar-refractivity contribution < 1.29 is 9.47 Å². The van der Waals surface area contributed by atoms with Crippen LogP contribution in [0.3, 0.4) is 0 Å². The Kier molecular flexibility index (Phi) is 11.4. The molecule has 2 nitrogen and oxygen atoms in total. The van der Waals surface area contributed by atoms with E-state index in [1.165, 1.54) is 57.8 Å². The molecule has 106 valence electrons. The zero-order chi connectivity index (χ0) is 12.9. The average molecular weight is 366 g/mol. The number of allylic oxidation sites excluding steroid dienone is 1. The number of rotatable bonds is 10. The van der Waals surface area contributed by atoms with Crippen LogP contribution >= 0.6 is 22.6 Å². The van der Waals surface area contributed by atoms with Gasteiger partial charge in [0.25, 0.3) is 0 Å².